The molecule has 3 nitrogen and oxygen atoms in total. The van der Waals surface area contributed by atoms with Gasteiger partial charge in [0.05, 0.1) is 6.33 Å². The van der Waals surface area contributed by atoms with Gasteiger partial charge in [-0.1, -0.05) is 6.07 Å². The van der Waals surface area contributed by atoms with Gasteiger partial charge >= 0.3 is 0 Å². The van der Waals surface area contributed by atoms with Crippen LogP contribution in [0.15, 0.2) is 36.9 Å². The van der Waals surface area contributed by atoms with Gasteiger partial charge in [-0.2, -0.15) is 0 Å². The highest BCUT2D eigenvalue weighted by atomic mass is 15.0. The predicted octanol–water partition coefficient (Wildman–Crippen LogP) is 2.08. The molecular weight excluding hydrogens is 198 g/mol. The average molecular weight is 213 g/mol. The van der Waals surface area contributed by atoms with Gasteiger partial charge in [-0.3, -0.25) is 0 Å². The first-order chi connectivity index (χ1) is 7.88. The Bertz CT molecular complexity index is 488. The minimum atomic E-state index is 0.534. The summed E-state index contributed by atoms with van der Waals surface area (Å²) in [5.74, 6) is 0. The Morgan fingerprint density at radius 2 is 2.38 bits per heavy atom. The maximum atomic E-state index is 4.07. The quantitative estimate of drug-likeness (QED) is 0.827. The van der Waals surface area contributed by atoms with Gasteiger partial charge in [0.2, 0.25) is 0 Å². The van der Waals surface area contributed by atoms with Crippen LogP contribution in [0, 0.1) is 0 Å². The third-order valence-electron chi connectivity index (χ3n) is 3.36. The third kappa shape index (κ3) is 1.44. The summed E-state index contributed by atoms with van der Waals surface area (Å²) in [7, 11) is 2.03. The van der Waals surface area contributed by atoms with Crippen LogP contribution in [0.3, 0.4) is 0 Å². The van der Waals surface area contributed by atoms with Crippen LogP contribution in [0.2, 0.25) is 0 Å². The van der Waals surface area contributed by atoms with E-state index in [-0.39, 0.29) is 0 Å². The Kier molecular flexibility index (Phi) is 2.26. The van der Waals surface area contributed by atoms with E-state index in [4.69, 9.17) is 0 Å². The van der Waals surface area contributed by atoms with Crippen molar-refractivity contribution in [3.8, 4) is 5.69 Å². The molecular formula is C13H15N3. The predicted molar refractivity (Wildman–Crippen MR) is 63.7 cm³/mol. The van der Waals surface area contributed by atoms with E-state index in [0.29, 0.717) is 6.04 Å². The molecule has 2 aromatic rings. The van der Waals surface area contributed by atoms with E-state index in [1.165, 1.54) is 29.7 Å². The molecule has 1 aliphatic carbocycles. The smallest absolute Gasteiger partial charge is 0.0991 e. The molecule has 82 valence electrons. The molecule has 0 amide bonds. The van der Waals surface area contributed by atoms with Crippen LogP contribution in [-0.4, -0.2) is 16.6 Å². The summed E-state index contributed by atoms with van der Waals surface area (Å²) in [6.45, 7) is 0. The molecule has 3 rings (SSSR count). The van der Waals surface area contributed by atoms with Gasteiger partial charge < -0.3 is 9.88 Å². The van der Waals surface area contributed by atoms with E-state index in [1.807, 2.05) is 30.3 Å². The molecule has 1 aromatic carbocycles. The van der Waals surface area contributed by atoms with E-state index in [2.05, 4.69) is 28.5 Å². The first-order valence-electron chi connectivity index (χ1n) is 5.67. The van der Waals surface area contributed by atoms with Crippen molar-refractivity contribution in [2.75, 3.05) is 7.05 Å². The molecule has 16 heavy (non-hydrogen) atoms. The van der Waals surface area contributed by atoms with Crippen molar-refractivity contribution in [3.63, 3.8) is 0 Å². The van der Waals surface area contributed by atoms with E-state index >= 15 is 0 Å². The highest BCUT2D eigenvalue weighted by Crippen LogP contribution is 2.31. The van der Waals surface area contributed by atoms with E-state index in [1.54, 1.807) is 0 Å². The van der Waals surface area contributed by atoms with Crippen molar-refractivity contribution in [2.24, 2.45) is 0 Å². The molecule has 1 heterocycles. The SMILES string of the molecule is CNC1CCc2cc(-n3ccnc3)ccc21. The fourth-order valence-electron chi connectivity index (χ4n) is 2.48. The lowest BCUT2D eigenvalue weighted by atomic mass is 10.1. The van der Waals surface area contributed by atoms with Crippen LogP contribution in [0.4, 0.5) is 0 Å². The standard InChI is InChI=1S/C13H15N3/c1-14-13-5-2-10-8-11(3-4-12(10)13)16-7-6-15-9-16/h3-4,6-9,13-14H,2,5H2,1H3. The molecule has 0 saturated carbocycles. The molecule has 0 saturated heterocycles. The van der Waals surface area contributed by atoms with Gasteiger partial charge in [0, 0.05) is 24.1 Å². The number of benzene rings is 1. The van der Waals surface area contributed by atoms with Crippen molar-refractivity contribution >= 4 is 0 Å². The maximum Gasteiger partial charge on any atom is 0.0991 e. The Labute approximate surface area is 95.1 Å². The number of imidazole rings is 1. The van der Waals surface area contributed by atoms with Crippen molar-refractivity contribution < 1.29 is 0 Å². The lowest BCUT2D eigenvalue weighted by Gasteiger charge is -2.10. The lowest BCUT2D eigenvalue weighted by molar-refractivity contribution is 0.590. The minimum absolute atomic E-state index is 0.534. The molecule has 1 N–H and O–H groups in total. The van der Waals surface area contributed by atoms with Crippen LogP contribution in [0.1, 0.15) is 23.6 Å². The molecule has 1 unspecified atom stereocenters. The van der Waals surface area contributed by atoms with E-state index < -0.39 is 0 Å². The number of aryl methyl sites for hydroxylation is 1. The zero-order chi connectivity index (χ0) is 11.0. The molecule has 0 aliphatic heterocycles. The molecule has 0 bridgehead atoms. The number of aromatic nitrogens is 2. The van der Waals surface area contributed by atoms with Gasteiger partial charge in [-0.15, -0.1) is 0 Å². The first-order valence-corrected chi connectivity index (χ1v) is 5.67. The monoisotopic (exact) mass is 213 g/mol. The molecule has 1 atom stereocenters. The van der Waals surface area contributed by atoms with E-state index in [0.717, 1.165) is 0 Å². The molecule has 0 spiro atoms. The van der Waals surface area contributed by atoms with Crippen LogP contribution >= 0.6 is 0 Å². The van der Waals surface area contributed by atoms with Crippen LogP contribution < -0.4 is 5.32 Å². The van der Waals surface area contributed by atoms with Gasteiger partial charge in [-0.05, 0) is 43.1 Å². The summed E-state index contributed by atoms with van der Waals surface area (Å²) in [6, 6.07) is 7.20. The second-order valence-electron chi connectivity index (χ2n) is 4.23. The molecule has 3 heteroatoms. The number of rotatable bonds is 2. The van der Waals surface area contributed by atoms with Crippen LogP contribution in [-0.2, 0) is 6.42 Å². The van der Waals surface area contributed by atoms with Gasteiger partial charge in [0.15, 0.2) is 0 Å². The van der Waals surface area contributed by atoms with Gasteiger partial charge in [0.25, 0.3) is 0 Å². The topological polar surface area (TPSA) is 29.9 Å². The number of hydrogen-bond acceptors (Lipinski definition) is 2. The van der Waals surface area contributed by atoms with Crippen molar-refractivity contribution in [1.29, 1.82) is 0 Å². The normalized spacial score (nSPS) is 18.7. The molecule has 1 aromatic heterocycles. The summed E-state index contributed by atoms with van der Waals surface area (Å²) < 4.78 is 2.05. The zero-order valence-electron chi connectivity index (χ0n) is 9.35. The van der Waals surface area contributed by atoms with Crippen molar-refractivity contribution in [1.82, 2.24) is 14.9 Å². The fourth-order valence-corrected chi connectivity index (χ4v) is 2.48. The number of fused-ring (bicyclic) bond motifs is 1. The van der Waals surface area contributed by atoms with E-state index in [9.17, 15) is 0 Å². The molecule has 0 fully saturated rings. The van der Waals surface area contributed by atoms with Crippen molar-refractivity contribution in [2.45, 2.75) is 18.9 Å². The Balaban J connectivity index is 2.01. The summed E-state index contributed by atoms with van der Waals surface area (Å²) in [5.41, 5.74) is 4.12. The van der Waals surface area contributed by atoms with Gasteiger partial charge in [-0.25, -0.2) is 4.98 Å². The highest BCUT2D eigenvalue weighted by Gasteiger charge is 2.20. The maximum absolute atomic E-state index is 4.07. The summed E-state index contributed by atoms with van der Waals surface area (Å²) in [4.78, 5) is 4.07. The largest absolute Gasteiger partial charge is 0.313 e. The van der Waals surface area contributed by atoms with Crippen LogP contribution in [0.25, 0.3) is 5.69 Å². The minimum Gasteiger partial charge on any atom is -0.313 e. The second-order valence-corrected chi connectivity index (χ2v) is 4.23. The molecule has 1 aliphatic rings. The lowest BCUT2D eigenvalue weighted by Crippen LogP contribution is -2.12. The van der Waals surface area contributed by atoms with Crippen molar-refractivity contribution in [3.05, 3.63) is 48.0 Å². The highest BCUT2D eigenvalue weighted by molar-refractivity contribution is 5.44. The molecule has 0 radical (unpaired) electrons. The number of nitrogens with one attached hydrogen (secondary N) is 1. The average Bonchev–Trinajstić information content (AvgIpc) is 2.97. The first kappa shape index (κ1) is 9.60. The summed E-state index contributed by atoms with van der Waals surface area (Å²) in [5, 5.41) is 3.36. The Hall–Kier alpha value is -1.61. The summed E-state index contributed by atoms with van der Waals surface area (Å²) in [6.07, 6.45) is 8.00. The number of nitrogens with zero attached hydrogens (tertiary/aromatic N) is 2. The van der Waals surface area contributed by atoms with Gasteiger partial charge in [0.1, 0.15) is 0 Å². The Morgan fingerprint density at radius 1 is 1.44 bits per heavy atom. The second kappa shape index (κ2) is 3.76. The van der Waals surface area contributed by atoms with Crippen LogP contribution in [0.5, 0.6) is 0 Å². The third-order valence-corrected chi connectivity index (χ3v) is 3.36. The Morgan fingerprint density at radius 3 is 3.12 bits per heavy atom. The number of hydrogen-bond donors (Lipinski definition) is 1. The zero-order valence-corrected chi connectivity index (χ0v) is 9.35. The fraction of sp³-hybridized carbons (Fsp3) is 0.308. The summed E-state index contributed by atoms with van der Waals surface area (Å²) >= 11 is 0.